The number of alkyl halides is 3. The number of aromatic nitrogens is 1. The molecule has 0 unspecified atom stereocenters. The number of amides is 1. The minimum Gasteiger partial charge on any atom is -0.314 e. The second-order valence-electron chi connectivity index (χ2n) is 7.16. The van der Waals surface area contributed by atoms with Crippen LogP contribution >= 0.6 is 0 Å². The number of nitrogens with zero attached hydrogens (tertiary/aromatic N) is 2. The molecule has 0 radical (unpaired) electrons. The summed E-state index contributed by atoms with van der Waals surface area (Å²) >= 11 is 0. The molecular formula is C17H19F3N4O. The van der Waals surface area contributed by atoms with Crippen LogP contribution in [0.2, 0.25) is 0 Å². The van der Waals surface area contributed by atoms with Crippen LogP contribution in [-0.2, 0) is 11.0 Å². The quantitative estimate of drug-likeness (QED) is 0.859. The molecule has 2 N–H and O–H groups in total. The smallest absolute Gasteiger partial charge is 0.314 e. The molecule has 2 atom stereocenters. The fourth-order valence-corrected chi connectivity index (χ4v) is 3.66. The van der Waals surface area contributed by atoms with E-state index in [1.165, 1.54) is 6.07 Å². The molecular weight excluding hydrogens is 333 g/mol. The molecule has 0 bridgehead atoms. The number of halogens is 3. The van der Waals surface area contributed by atoms with Crippen molar-refractivity contribution in [2.75, 3.05) is 6.54 Å². The van der Waals surface area contributed by atoms with Crippen molar-refractivity contribution in [1.29, 1.82) is 0 Å². The van der Waals surface area contributed by atoms with Gasteiger partial charge in [0.15, 0.2) is 0 Å². The Labute approximate surface area is 143 Å². The van der Waals surface area contributed by atoms with Crippen molar-refractivity contribution in [1.82, 2.24) is 15.6 Å². The molecule has 1 aromatic heterocycles. The summed E-state index contributed by atoms with van der Waals surface area (Å²) in [7, 11) is 0. The van der Waals surface area contributed by atoms with Crippen molar-refractivity contribution in [2.45, 2.75) is 56.3 Å². The number of piperidine rings is 1. The fourth-order valence-electron chi connectivity index (χ4n) is 3.66. The Hall–Kier alpha value is -1.96. The number of hydrogen-bond acceptors (Lipinski definition) is 4. The lowest BCUT2D eigenvalue weighted by molar-refractivity contribution is -0.141. The van der Waals surface area contributed by atoms with Gasteiger partial charge in [0.05, 0.1) is 5.69 Å². The minimum absolute atomic E-state index is 0.0143. The first-order valence-corrected chi connectivity index (χ1v) is 8.52. The normalized spacial score (nSPS) is 29.7. The van der Waals surface area contributed by atoms with E-state index in [1.54, 1.807) is 0 Å². The van der Waals surface area contributed by atoms with E-state index in [4.69, 9.17) is 0 Å². The molecule has 3 aliphatic rings. The summed E-state index contributed by atoms with van der Waals surface area (Å²) in [5, 5.41) is 6.08. The van der Waals surface area contributed by atoms with E-state index >= 15 is 0 Å². The third kappa shape index (κ3) is 2.92. The molecule has 0 aromatic carbocycles. The van der Waals surface area contributed by atoms with Crippen LogP contribution in [0.25, 0.3) is 0 Å². The molecule has 1 saturated carbocycles. The Bertz CT molecular complexity index is 757. The number of carbonyl (C=O) groups excluding carboxylic acids is 1. The lowest BCUT2D eigenvalue weighted by Gasteiger charge is -2.32. The average molecular weight is 352 g/mol. The number of pyridine rings is 1. The maximum Gasteiger partial charge on any atom is 0.433 e. The molecule has 8 heteroatoms. The number of hydrogen-bond donors (Lipinski definition) is 2. The summed E-state index contributed by atoms with van der Waals surface area (Å²) in [6.45, 7) is 2.68. The van der Waals surface area contributed by atoms with E-state index in [0.717, 1.165) is 18.9 Å². The molecule has 2 aliphatic heterocycles. The highest BCUT2D eigenvalue weighted by atomic mass is 19.4. The van der Waals surface area contributed by atoms with Gasteiger partial charge in [-0.05, 0) is 51.3 Å². The zero-order valence-electron chi connectivity index (χ0n) is 13.8. The van der Waals surface area contributed by atoms with Crippen molar-refractivity contribution in [3.63, 3.8) is 0 Å². The molecule has 25 heavy (non-hydrogen) atoms. The molecule has 1 amide bonds. The average Bonchev–Trinajstić information content (AvgIpc) is 3.33. The number of carbonyl (C=O) groups is 1. The van der Waals surface area contributed by atoms with E-state index in [9.17, 15) is 18.0 Å². The highest BCUT2D eigenvalue weighted by Crippen LogP contribution is 2.42. The zero-order chi connectivity index (χ0) is 17.8. The van der Waals surface area contributed by atoms with Gasteiger partial charge in [-0.2, -0.15) is 13.2 Å². The SMILES string of the molecule is C[C@H]1C[C@@]2(CCN1)N=C(c1ccc(C(F)(F)F)nc1C1CC1)NC2=O. The second kappa shape index (κ2) is 5.52. The van der Waals surface area contributed by atoms with Gasteiger partial charge in [-0.3, -0.25) is 9.79 Å². The van der Waals surface area contributed by atoms with E-state index in [1.807, 2.05) is 6.92 Å². The second-order valence-corrected chi connectivity index (χ2v) is 7.16. The van der Waals surface area contributed by atoms with E-state index in [-0.39, 0.29) is 17.9 Å². The number of rotatable bonds is 2. The maximum atomic E-state index is 13.0. The first-order chi connectivity index (χ1) is 11.8. The molecule has 1 aromatic rings. The van der Waals surface area contributed by atoms with Crippen LogP contribution in [0.1, 0.15) is 55.5 Å². The van der Waals surface area contributed by atoms with Crippen molar-refractivity contribution in [3.8, 4) is 0 Å². The van der Waals surface area contributed by atoms with Crippen LogP contribution < -0.4 is 10.6 Å². The van der Waals surface area contributed by atoms with Crippen molar-refractivity contribution < 1.29 is 18.0 Å². The molecule has 5 nitrogen and oxygen atoms in total. The Morgan fingerprint density at radius 2 is 2.04 bits per heavy atom. The number of amidine groups is 1. The highest BCUT2D eigenvalue weighted by Gasteiger charge is 2.47. The Balaban J connectivity index is 1.73. The standard InChI is InChI=1S/C17H19F3N4O/c1-9-8-16(6-7-21-9)15(25)23-14(24-16)11-4-5-12(17(18,19)20)22-13(11)10-2-3-10/h4-5,9-10,21H,2-3,6-8H2,1H3,(H,23,24,25)/t9-,16+/m0/s1. The lowest BCUT2D eigenvalue weighted by Crippen LogP contribution is -2.51. The van der Waals surface area contributed by atoms with Gasteiger partial charge in [-0.25, -0.2) is 4.98 Å². The topological polar surface area (TPSA) is 66.4 Å². The third-order valence-corrected chi connectivity index (χ3v) is 5.09. The van der Waals surface area contributed by atoms with Gasteiger partial charge in [-0.15, -0.1) is 0 Å². The lowest BCUT2D eigenvalue weighted by atomic mass is 9.85. The van der Waals surface area contributed by atoms with Gasteiger partial charge >= 0.3 is 6.18 Å². The van der Waals surface area contributed by atoms with Gasteiger partial charge in [0, 0.05) is 17.5 Å². The molecule has 134 valence electrons. The molecule has 1 spiro atoms. The fraction of sp³-hybridized carbons (Fsp3) is 0.588. The van der Waals surface area contributed by atoms with Crippen LogP contribution in [0.3, 0.4) is 0 Å². The summed E-state index contributed by atoms with van der Waals surface area (Å²) in [5.41, 5.74) is -0.795. The van der Waals surface area contributed by atoms with Gasteiger partial charge in [0.2, 0.25) is 0 Å². The van der Waals surface area contributed by atoms with Crippen molar-refractivity contribution >= 4 is 11.7 Å². The van der Waals surface area contributed by atoms with Gasteiger partial charge in [0.1, 0.15) is 17.1 Å². The molecule has 3 heterocycles. The van der Waals surface area contributed by atoms with Crippen LogP contribution in [0.4, 0.5) is 13.2 Å². The van der Waals surface area contributed by atoms with Gasteiger partial charge in [-0.1, -0.05) is 0 Å². The van der Waals surface area contributed by atoms with Crippen molar-refractivity contribution in [3.05, 3.63) is 29.1 Å². The Morgan fingerprint density at radius 3 is 2.68 bits per heavy atom. The van der Waals surface area contributed by atoms with Gasteiger partial charge < -0.3 is 10.6 Å². The van der Waals surface area contributed by atoms with Crippen LogP contribution in [-0.4, -0.2) is 34.9 Å². The summed E-state index contributed by atoms with van der Waals surface area (Å²) in [4.78, 5) is 21.0. The Kier molecular flexibility index (Phi) is 3.64. The van der Waals surface area contributed by atoms with Crippen LogP contribution in [0, 0.1) is 0 Å². The largest absolute Gasteiger partial charge is 0.433 e. The molecule has 4 rings (SSSR count). The van der Waals surface area contributed by atoms with E-state index in [2.05, 4.69) is 20.6 Å². The molecule has 2 fully saturated rings. The summed E-state index contributed by atoms with van der Waals surface area (Å²) in [6, 6.07) is 2.52. The van der Waals surface area contributed by atoms with Crippen LogP contribution in [0.5, 0.6) is 0 Å². The summed E-state index contributed by atoms with van der Waals surface area (Å²) < 4.78 is 38.9. The van der Waals surface area contributed by atoms with E-state index in [0.29, 0.717) is 36.5 Å². The monoisotopic (exact) mass is 352 g/mol. The van der Waals surface area contributed by atoms with Crippen LogP contribution in [0.15, 0.2) is 17.1 Å². The third-order valence-electron chi connectivity index (χ3n) is 5.09. The summed E-state index contributed by atoms with van der Waals surface area (Å²) in [5.74, 6) is 0.208. The summed E-state index contributed by atoms with van der Waals surface area (Å²) in [6.07, 6.45) is -1.69. The number of aliphatic imine (C=N–C) groups is 1. The first kappa shape index (κ1) is 16.5. The molecule has 1 saturated heterocycles. The van der Waals surface area contributed by atoms with E-state index < -0.39 is 17.4 Å². The molecule has 1 aliphatic carbocycles. The minimum atomic E-state index is -4.48. The van der Waals surface area contributed by atoms with Crippen molar-refractivity contribution in [2.24, 2.45) is 4.99 Å². The predicted octanol–water partition coefficient (Wildman–Crippen LogP) is 2.36. The zero-order valence-corrected chi connectivity index (χ0v) is 13.8. The maximum absolute atomic E-state index is 13.0. The first-order valence-electron chi connectivity index (χ1n) is 8.52. The highest BCUT2D eigenvalue weighted by molar-refractivity contribution is 6.15. The Morgan fingerprint density at radius 1 is 1.28 bits per heavy atom. The van der Waals surface area contributed by atoms with Gasteiger partial charge in [0.25, 0.3) is 5.91 Å². The number of nitrogens with one attached hydrogen (secondary N) is 2. The predicted molar refractivity (Wildman–Crippen MR) is 85.3 cm³/mol.